The van der Waals surface area contributed by atoms with Gasteiger partial charge in [0.1, 0.15) is 0 Å². The monoisotopic (exact) mass is 338 g/mol. The van der Waals surface area contributed by atoms with E-state index in [4.69, 9.17) is 0 Å². The van der Waals surface area contributed by atoms with E-state index in [-0.39, 0.29) is 43.5 Å². The fourth-order valence-corrected chi connectivity index (χ4v) is 2.26. The molecule has 0 bridgehead atoms. The highest BCUT2D eigenvalue weighted by Gasteiger charge is 2.45. The molecule has 1 N–H and O–H groups in total. The van der Waals surface area contributed by atoms with Crippen molar-refractivity contribution < 1.29 is 31.5 Å². The summed E-state index contributed by atoms with van der Waals surface area (Å²) in [5.41, 5.74) is 0.504. The molecule has 2 rings (SSSR count). The number of hydrogen-bond acceptors (Lipinski definition) is 3. The Kier molecular flexibility index (Phi) is 5.06. The molecule has 4 nitrogen and oxygen atoms in total. The van der Waals surface area contributed by atoms with Crippen molar-refractivity contribution in [1.29, 1.82) is 0 Å². The lowest BCUT2D eigenvalue weighted by atomic mass is 9.79. The Labute approximate surface area is 129 Å². The maximum atomic E-state index is 12.7. The number of aromatic nitrogens is 1. The minimum atomic E-state index is -4.46. The predicted molar refractivity (Wildman–Crippen MR) is 69.9 cm³/mol. The van der Waals surface area contributed by atoms with Gasteiger partial charge in [0.25, 0.3) is 0 Å². The van der Waals surface area contributed by atoms with Gasteiger partial charge >= 0.3 is 6.18 Å². The molecule has 1 saturated carbocycles. The van der Waals surface area contributed by atoms with Crippen molar-refractivity contribution in [2.75, 3.05) is 6.61 Å². The summed E-state index contributed by atoms with van der Waals surface area (Å²) < 4.78 is 66.0. The van der Waals surface area contributed by atoms with Crippen LogP contribution in [0, 0.1) is 5.92 Å². The summed E-state index contributed by atoms with van der Waals surface area (Å²) >= 11 is 0. The largest absolute Gasteiger partial charge is 0.468 e. The van der Waals surface area contributed by atoms with Crippen LogP contribution in [0.2, 0.25) is 0 Å². The van der Waals surface area contributed by atoms with Crippen molar-refractivity contribution in [3.63, 3.8) is 0 Å². The summed E-state index contributed by atoms with van der Waals surface area (Å²) in [5, 5.41) is 2.54. The second kappa shape index (κ2) is 6.67. The second-order valence-corrected chi connectivity index (χ2v) is 5.52. The van der Waals surface area contributed by atoms with Crippen LogP contribution in [0.4, 0.5) is 22.0 Å². The second-order valence-electron chi connectivity index (χ2n) is 5.52. The Morgan fingerprint density at radius 1 is 1.39 bits per heavy atom. The average molecular weight is 338 g/mol. The van der Waals surface area contributed by atoms with E-state index in [0.29, 0.717) is 5.56 Å². The first-order valence-electron chi connectivity index (χ1n) is 6.92. The smallest absolute Gasteiger partial charge is 0.422 e. The number of pyridine rings is 1. The molecule has 1 aromatic heterocycles. The number of nitrogens with zero attached hydrogens (tertiary/aromatic N) is 1. The zero-order chi connectivity index (χ0) is 17.1. The summed E-state index contributed by atoms with van der Waals surface area (Å²) in [6, 6.07) is 2.79. The van der Waals surface area contributed by atoms with Crippen LogP contribution in [0.3, 0.4) is 0 Å². The molecule has 0 atom stereocenters. The molecular weight excluding hydrogens is 323 g/mol. The minimum Gasteiger partial charge on any atom is -0.468 e. The van der Waals surface area contributed by atoms with Crippen molar-refractivity contribution in [2.45, 2.75) is 37.9 Å². The van der Waals surface area contributed by atoms with Crippen LogP contribution in [0.15, 0.2) is 18.3 Å². The number of ether oxygens (including phenoxy) is 1. The molecule has 1 aliphatic carbocycles. The highest BCUT2D eigenvalue weighted by Crippen LogP contribution is 2.43. The van der Waals surface area contributed by atoms with Crippen LogP contribution in [0.25, 0.3) is 0 Å². The fourth-order valence-electron chi connectivity index (χ4n) is 2.26. The third-order valence-electron chi connectivity index (χ3n) is 3.32. The molecule has 0 spiro atoms. The molecule has 1 aliphatic rings. The number of carbonyl (C=O) groups is 1. The van der Waals surface area contributed by atoms with E-state index in [0.717, 1.165) is 0 Å². The fraction of sp³-hybridized carbons (Fsp3) is 0.571. The number of hydrogen-bond donors (Lipinski definition) is 1. The third-order valence-corrected chi connectivity index (χ3v) is 3.32. The molecular formula is C14H15F5N2O2. The van der Waals surface area contributed by atoms with Gasteiger partial charge in [-0.3, -0.25) is 4.79 Å². The van der Waals surface area contributed by atoms with E-state index in [9.17, 15) is 26.7 Å². The molecule has 23 heavy (non-hydrogen) atoms. The quantitative estimate of drug-likeness (QED) is 0.811. The van der Waals surface area contributed by atoms with E-state index in [2.05, 4.69) is 15.0 Å². The molecule has 1 amide bonds. The molecule has 0 saturated heterocycles. The standard InChI is InChI=1S/C14H15F5N2O2/c15-13(16)5-10(6-13)3-11(22)21-7-9-1-2-20-12(4-9)23-8-14(17,18)19/h1-2,4,10H,3,5-8H2,(H,21,22). The summed E-state index contributed by atoms with van der Waals surface area (Å²) in [4.78, 5) is 15.3. The van der Waals surface area contributed by atoms with Gasteiger partial charge in [-0.2, -0.15) is 13.2 Å². The molecule has 1 aromatic rings. The summed E-state index contributed by atoms with van der Waals surface area (Å²) in [7, 11) is 0. The Hall–Kier alpha value is -1.93. The molecule has 0 aromatic carbocycles. The van der Waals surface area contributed by atoms with Gasteiger partial charge in [0.2, 0.25) is 17.7 Å². The molecule has 1 heterocycles. The molecule has 1 fully saturated rings. The first kappa shape index (κ1) is 17.4. The normalized spacial score (nSPS) is 17.4. The highest BCUT2D eigenvalue weighted by molar-refractivity contribution is 5.76. The van der Waals surface area contributed by atoms with E-state index >= 15 is 0 Å². The zero-order valence-electron chi connectivity index (χ0n) is 12.0. The lowest BCUT2D eigenvalue weighted by Crippen LogP contribution is -2.38. The van der Waals surface area contributed by atoms with Crippen LogP contribution < -0.4 is 10.1 Å². The average Bonchev–Trinajstić information content (AvgIpc) is 2.41. The SMILES string of the molecule is O=C(CC1CC(F)(F)C1)NCc1ccnc(OCC(F)(F)F)c1. The Balaban J connectivity index is 1.76. The van der Waals surface area contributed by atoms with Gasteiger partial charge in [0, 0.05) is 38.1 Å². The highest BCUT2D eigenvalue weighted by atomic mass is 19.4. The first-order chi connectivity index (χ1) is 10.6. The number of rotatable bonds is 6. The van der Waals surface area contributed by atoms with Gasteiger partial charge in [-0.05, 0) is 17.5 Å². The van der Waals surface area contributed by atoms with Crippen molar-refractivity contribution in [1.82, 2.24) is 10.3 Å². The van der Waals surface area contributed by atoms with Crippen molar-refractivity contribution >= 4 is 5.91 Å². The number of halogens is 5. The molecule has 128 valence electrons. The first-order valence-corrected chi connectivity index (χ1v) is 6.92. The van der Waals surface area contributed by atoms with E-state index in [1.54, 1.807) is 0 Å². The van der Waals surface area contributed by atoms with Gasteiger partial charge in [-0.25, -0.2) is 13.8 Å². The summed E-state index contributed by atoms with van der Waals surface area (Å²) in [6.07, 6.45) is -3.76. The lowest BCUT2D eigenvalue weighted by molar-refractivity contribution is -0.154. The van der Waals surface area contributed by atoms with Crippen molar-refractivity contribution in [3.05, 3.63) is 23.9 Å². The number of carbonyl (C=O) groups excluding carboxylic acids is 1. The van der Waals surface area contributed by atoms with Crippen molar-refractivity contribution in [3.8, 4) is 5.88 Å². The van der Waals surface area contributed by atoms with Gasteiger partial charge in [-0.1, -0.05) is 0 Å². The number of alkyl halides is 5. The Bertz CT molecular complexity index is 554. The maximum absolute atomic E-state index is 12.7. The molecule has 0 unspecified atom stereocenters. The molecule has 0 aliphatic heterocycles. The van der Waals surface area contributed by atoms with Gasteiger partial charge in [0.05, 0.1) is 0 Å². The minimum absolute atomic E-state index is 0.0120. The van der Waals surface area contributed by atoms with Gasteiger partial charge in [0.15, 0.2) is 6.61 Å². The van der Waals surface area contributed by atoms with Gasteiger partial charge in [-0.15, -0.1) is 0 Å². The van der Waals surface area contributed by atoms with Crippen LogP contribution in [0.1, 0.15) is 24.8 Å². The third kappa shape index (κ3) is 5.99. The predicted octanol–water partition coefficient (Wildman–Crippen LogP) is 3.07. The van der Waals surface area contributed by atoms with E-state index < -0.39 is 18.7 Å². The summed E-state index contributed by atoms with van der Waals surface area (Å²) in [5.74, 6) is -3.57. The Morgan fingerprint density at radius 2 is 2.09 bits per heavy atom. The van der Waals surface area contributed by atoms with E-state index in [1.165, 1.54) is 18.3 Å². The number of amides is 1. The van der Waals surface area contributed by atoms with E-state index in [1.807, 2.05) is 0 Å². The number of nitrogens with one attached hydrogen (secondary N) is 1. The van der Waals surface area contributed by atoms with Crippen LogP contribution in [-0.4, -0.2) is 29.6 Å². The van der Waals surface area contributed by atoms with Crippen molar-refractivity contribution in [2.24, 2.45) is 5.92 Å². The topological polar surface area (TPSA) is 51.2 Å². The van der Waals surface area contributed by atoms with Crippen LogP contribution in [0.5, 0.6) is 5.88 Å². The van der Waals surface area contributed by atoms with Crippen LogP contribution >= 0.6 is 0 Å². The lowest BCUT2D eigenvalue weighted by Gasteiger charge is -2.34. The van der Waals surface area contributed by atoms with Crippen LogP contribution in [-0.2, 0) is 11.3 Å². The Morgan fingerprint density at radius 3 is 2.70 bits per heavy atom. The van der Waals surface area contributed by atoms with Gasteiger partial charge < -0.3 is 10.1 Å². The maximum Gasteiger partial charge on any atom is 0.422 e. The zero-order valence-corrected chi connectivity index (χ0v) is 12.0. The molecule has 9 heteroatoms. The molecule has 0 radical (unpaired) electrons. The summed E-state index contributed by atoms with van der Waals surface area (Å²) in [6.45, 7) is -1.39.